The fourth-order valence-corrected chi connectivity index (χ4v) is 1.80. The number of rotatable bonds is 8. The van der Waals surface area contributed by atoms with Crippen LogP contribution in [-0.2, 0) is 0 Å². The van der Waals surface area contributed by atoms with E-state index >= 15 is 0 Å². The summed E-state index contributed by atoms with van der Waals surface area (Å²) in [5, 5.41) is 3.02. The highest BCUT2D eigenvalue weighted by Crippen LogP contribution is 2.16. The summed E-state index contributed by atoms with van der Waals surface area (Å²) in [5.41, 5.74) is 1.49. The molecule has 2 aromatic rings. The summed E-state index contributed by atoms with van der Waals surface area (Å²) in [6.07, 6.45) is 3.49. The van der Waals surface area contributed by atoms with Gasteiger partial charge in [-0.25, -0.2) is 0 Å². The number of hydrogen-bond acceptors (Lipinski definition) is 3. The second-order valence-corrected chi connectivity index (χ2v) is 4.62. The lowest BCUT2D eigenvalue weighted by atomic mass is 10.1. The third-order valence-corrected chi connectivity index (χ3v) is 2.94. The standard InChI is InChI=1S/C18H18FNO2/c19-12-4-14-22-17-9-7-16(8-10-17)20-13-11-18(21)15-5-2-1-3-6-15/h1-3,5-11,13,20H,4,12,14H2. The van der Waals surface area contributed by atoms with Gasteiger partial charge >= 0.3 is 0 Å². The maximum Gasteiger partial charge on any atom is 0.187 e. The molecule has 0 heterocycles. The molecule has 0 bridgehead atoms. The van der Waals surface area contributed by atoms with Gasteiger partial charge in [-0.05, 0) is 24.3 Å². The predicted molar refractivity (Wildman–Crippen MR) is 86.1 cm³/mol. The summed E-state index contributed by atoms with van der Waals surface area (Å²) in [4.78, 5) is 11.9. The van der Waals surface area contributed by atoms with E-state index in [9.17, 15) is 9.18 Å². The fourth-order valence-electron chi connectivity index (χ4n) is 1.80. The Morgan fingerprint density at radius 2 is 1.82 bits per heavy atom. The molecule has 0 aromatic heterocycles. The molecule has 0 saturated heterocycles. The van der Waals surface area contributed by atoms with E-state index in [1.165, 1.54) is 6.08 Å². The molecular weight excluding hydrogens is 281 g/mol. The zero-order chi connectivity index (χ0) is 15.6. The van der Waals surface area contributed by atoms with Crippen LogP contribution in [0.4, 0.5) is 10.1 Å². The van der Waals surface area contributed by atoms with E-state index in [2.05, 4.69) is 5.32 Å². The molecule has 2 aromatic carbocycles. The molecule has 0 aliphatic rings. The molecule has 0 aliphatic carbocycles. The zero-order valence-corrected chi connectivity index (χ0v) is 12.2. The third kappa shape index (κ3) is 5.05. The predicted octanol–water partition coefficient (Wildman–Crippen LogP) is 4.23. The van der Waals surface area contributed by atoms with Gasteiger partial charge in [-0.3, -0.25) is 9.18 Å². The Balaban J connectivity index is 1.83. The van der Waals surface area contributed by atoms with Crippen LogP contribution in [0.2, 0.25) is 0 Å². The van der Waals surface area contributed by atoms with Crippen LogP contribution in [0.15, 0.2) is 66.9 Å². The monoisotopic (exact) mass is 299 g/mol. The number of carbonyl (C=O) groups is 1. The van der Waals surface area contributed by atoms with Crippen molar-refractivity contribution in [2.45, 2.75) is 6.42 Å². The first-order valence-corrected chi connectivity index (χ1v) is 7.11. The number of allylic oxidation sites excluding steroid dienone is 1. The minimum Gasteiger partial charge on any atom is -0.493 e. The molecule has 22 heavy (non-hydrogen) atoms. The number of ketones is 1. The van der Waals surface area contributed by atoms with Gasteiger partial charge in [-0.2, -0.15) is 0 Å². The molecule has 3 nitrogen and oxygen atoms in total. The van der Waals surface area contributed by atoms with Crippen LogP contribution in [-0.4, -0.2) is 19.1 Å². The smallest absolute Gasteiger partial charge is 0.187 e. The number of nitrogens with one attached hydrogen (secondary N) is 1. The van der Waals surface area contributed by atoms with Gasteiger partial charge in [0.1, 0.15) is 5.75 Å². The van der Waals surface area contributed by atoms with Crippen LogP contribution in [0.1, 0.15) is 16.8 Å². The molecule has 0 radical (unpaired) electrons. The summed E-state index contributed by atoms with van der Waals surface area (Å²) >= 11 is 0. The van der Waals surface area contributed by atoms with Crippen molar-refractivity contribution in [3.05, 3.63) is 72.4 Å². The Bertz CT molecular complexity index is 609. The van der Waals surface area contributed by atoms with Crippen LogP contribution in [0, 0.1) is 0 Å². The number of alkyl halides is 1. The molecule has 1 N–H and O–H groups in total. The van der Waals surface area contributed by atoms with Gasteiger partial charge in [0.15, 0.2) is 5.78 Å². The quantitative estimate of drug-likeness (QED) is 0.450. The van der Waals surface area contributed by atoms with Gasteiger partial charge in [-0.1, -0.05) is 30.3 Å². The summed E-state index contributed by atoms with van der Waals surface area (Å²) in [6.45, 7) is -0.00533. The van der Waals surface area contributed by atoms with E-state index in [1.807, 2.05) is 30.3 Å². The molecule has 0 spiro atoms. The van der Waals surface area contributed by atoms with Crippen LogP contribution < -0.4 is 10.1 Å². The van der Waals surface area contributed by atoms with Gasteiger partial charge in [-0.15, -0.1) is 0 Å². The first-order chi connectivity index (χ1) is 10.8. The van der Waals surface area contributed by atoms with Crippen molar-refractivity contribution in [1.29, 1.82) is 0 Å². The lowest BCUT2D eigenvalue weighted by Crippen LogP contribution is -1.98. The third-order valence-electron chi connectivity index (χ3n) is 2.94. The lowest BCUT2D eigenvalue weighted by molar-refractivity contribution is 0.104. The summed E-state index contributed by atoms with van der Waals surface area (Å²) in [7, 11) is 0. The molecule has 0 atom stereocenters. The van der Waals surface area contributed by atoms with Gasteiger partial charge in [0.2, 0.25) is 0 Å². The second kappa shape index (κ2) is 8.62. The van der Waals surface area contributed by atoms with Crippen molar-refractivity contribution in [3.63, 3.8) is 0 Å². The first kappa shape index (κ1) is 15.8. The molecule has 114 valence electrons. The van der Waals surface area contributed by atoms with E-state index in [0.29, 0.717) is 24.3 Å². The van der Waals surface area contributed by atoms with Gasteiger partial charge in [0.05, 0.1) is 13.3 Å². The Labute approximate surface area is 129 Å². The molecule has 0 aliphatic heterocycles. The number of benzene rings is 2. The van der Waals surface area contributed by atoms with E-state index in [1.54, 1.807) is 30.5 Å². The van der Waals surface area contributed by atoms with Crippen LogP contribution in [0.3, 0.4) is 0 Å². The summed E-state index contributed by atoms with van der Waals surface area (Å²) in [6, 6.07) is 16.3. The van der Waals surface area contributed by atoms with E-state index in [0.717, 1.165) is 5.69 Å². The average molecular weight is 299 g/mol. The highest BCUT2D eigenvalue weighted by Gasteiger charge is 1.99. The summed E-state index contributed by atoms with van der Waals surface area (Å²) < 4.78 is 17.3. The van der Waals surface area contributed by atoms with E-state index < -0.39 is 0 Å². The van der Waals surface area contributed by atoms with Crippen molar-refractivity contribution < 1.29 is 13.9 Å². The van der Waals surface area contributed by atoms with Crippen LogP contribution >= 0.6 is 0 Å². The van der Waals surface area contributed by atoms with Crippen molar-refractivity contribution in [3.8, 4) is 5.75 Å². The maximum atomic E-state index is 12.0. The molecule has 0 unspecified atom stereocenters. The number of halogens is 1. The van der Waals surface area contributed by atoms with Gasteiger partial charge < -0.3 is 10.1 Å². The Hall–Kier alpha value is -2.62. The second-order valence-electron chi connectivity index (χ2n) is 4.62. The average Bonchev–Trinajstić information content (AvgIpc) is 2.57. The van der Waals surface area contributed by atoms with Crippen molar-refractivity contribution >= 4 is 11.5 Å². The normalized spacial score (nSPS) is 10.6. The first-order valence-electron chi connectivity index (χ1n) is 7.11. The number of hydrogen-bond donors (Lipinski definition) is 1. The minimum absolute atomic E-state index is 0.0562. The van der Waals surface area contributed by atoms with E-state index in [4.69, 9.17) is 4.74 Å². The number of anilines is 1. The highest BCUT2D eigenvalue weighted by molar-refractivity contribution is 6.04. The maximum absolute atomic E-state index is 12.0. The number of carbonyl (C=O) groups excluding carboxylic acids is 1. The molecule has 4 heteroatoms. The lowest BCUT2D eigenvalue weighted by Gasteiger charge is -2.06. The van der Waals surface area contributed by atoms with E-state index in [-0.39, 0.29) is 12.5 Å². The number of ether oxygens (including phenoxy) is 1. The Morgan fingerprint density at radius 3 is 2.50 bits per heavy atom. The molecular formula is C18H18FNO2. The largest absolute Gasteiger partial charge is 0.493 e. The Morgan fingerprint density at radius 1 is 1.09 bits per heavy atom. The topological polar surface area (TPSA) is 38.3 Å². The van der Waals surface area contributed by atoms with Crippen LogP contribution in [0.25, 0.3) is 0 Å². The Kier molecular flexibility index (Phi) is 6.18. The minimum atomic E-state index is -0.375. The SMILES string of the molecule is O=C(C=CNc1ccc(OCCCF)cc1)c1ccccc1. The van der Waals surface area contributed by atoms with Gasteiger partial charge in [0, 0.05) is 29.9 Å². The zero-order valence-electron chi connectivity index (χ0n) is 12.2. The van der Waals surface area contributed by atoms with Crippen molar-refractivity contribution in [2.75, 3.05) is 18.6 Å². The van der Waals surface area contributed by atoms with Crippen LogP contribution in [0.5, 0.6) is 5.75 Å². The fraction of sp³-hybridized carbons (Fsp3) is 0.167. The summed E-state index contributed by atoms with van der Waals surface area (Å²) in [5.74, 6) is 0.641. The molecule has 2 rings (SSSR count). The highest BCUT2D eigenvalue weighted by atomic mass is 19.1. The molecule has 0 amide bonds. The van der Waals surface area contributed by atoms with Crippen molar-refractivity contribution in [1.82, 2.24) is 0 Å². The van der Waals surface area contributed by atoms with Gasteiger partial charge in [0.25, 0.3) is 0 Å². The molecule has 0 fully saturated rings. The van der Waals surface area contributed by atoms with Crippen molar-refractivity contribution in [2.24, 2.45) is 0 Å². The molecule has 0 saturated carbocycles.